The number of hydrogen-bond acceptors (Lipinski definition) is 13. The zero-order chi connectivity index (χ0) is 26.1. The second-order valence-electron chi connectivity index (χ2n) is 7.51. The van der Waals surface area contributed by atoms with Crippen LogP contribution in [0.15, 0.2) is 31.8 Å². The molecule has 2 amide bonds. The Labute approximate surface area is 216 Å². The van der Waals surface area contributed by atoms with Crippen molar-refractivity contribution < 1.29 is 24.3 Å². The van der Waals surface area contributed by atoms with Crippen molar-refractivity contribution >= 4 is 63.5 Å². The third-order valence-electron chi connectivity index (χ3n) is 5.16. The minimum absolute atomic E-state index is 0.148. The maximum absolute atomic E-state index is 12.9. The summed E-state index contributed by atoms with van der Waals surface area (Å²) in [5.41, 5.74) is 5.79. The molecular formula is C19H20N8O6S3. The average molecular weight is 553 g/mol. The molecule has 4 rings (SSSR count). The summed E-state index contributed by atoms with van der Waals surface area (Å²) in [5, 5.41) is 21.7. The van der Waals surface area contributed by atoms with E-state index in [-0.39, 0.29) is 33.7 Å². The van der Waals surface area contributed by atoms with Gasteiger partial charge in [-0.25, -0.2) is 14.5 Å². The van der Waals surface area contributed by atoms with Crippen molar-refractivity contribution in [2.45, 2.75) is 23.5 Å². The summed E-state index contributed by atoms with van der Waals surface area (Å²) in [7, 11) is 2.90. The Bertz CT molecular complexity index is 1370. The number of carboxylic acid groups (broad SMARTS) is 1. The van der Waals surface area contributed by atoms with E-state index in [2.05, 4.69) is 25.5 Å². The molecule has 36 heavy (non-hydrogen) atoms. The molecular weight excluding hydrogens is 532 g/mol. The zero-order valence-electron chi connectivity index (χ0n) is 19.1. The Balaban J connectivity index is 1.51. The molecule has 1 saturated heterocycles. The number of nitrogen functional groups attached to an aromatic ring is 1. The van der Waals surface area contributed by atoms with Gasteiger partial charge < -0.3 is 21.0 Å². The van der Waals surface area contributed by atoms with Gasteiger partial charge in [-0.15, -0.1) is 23.1 Å². The number of β-lactam (4-membered cyclic amide) rings is 1. The molecule has 2 aromatic heterocycles. The van der Waals surface area contributed by atoms with E-state index >= 15 is 0 Å². The van der Waals surface area contributed by atoms with Crippen LogP contribution in [-0.2, 0) is 26.3 Å². The SMILES string of the molecule is CON=C(C(=O)NC1C(=O)N2C(C(=O)O)=C(CSc3nc(=O)c(C)nn3C)CS[C@H]12)c1csc(N)n1. The van der Waals surface area contributed by atoms with Crippen molar-refractivity contribution in [2.75, 3.05) is 24.3 Å². The molecule has 4 N–H and O–H groups in total. The third kappa shape index (κ3) is 4.80. The average Bonchev–Trinajstić information content (AvgIpc) is 3.27. The van der Waals surface area contributed by atoms with Gasteiger partial charge in [-0.2, -0.15) is 10.1 Å². The topological polar surface area (TPSA) is 195 Å². The van der Waals surface area contributed by atoms with Crippen LogP contribution >= 0.6 is 34.9 Å². The van der Waals surface area contributed by atoms with Crippen LogP contribution in [0.5, 0.6) is 0 Å². The molecule has 0 saturated carbocycles. The van der Waals surface area contributed by atoms with Crippen LogP contribution in [0.25, 0.3) is 0 Å². The Morgan fingerprint density at radius 2 is 2.14 bits per heavy atom. The number of carbonyl (C=O) groups excluding carboxylic acids is 2. The van der Waals surface area contributed by atoms with Gasteiger partial charge in [0.2, 0.25) is 0 Å². The fraction of sp³-hybridized carbons (Fsp3) is 0.368. The number of nitrogens with one attached hydrogen (secondary N) is 1. The Kier molecular flexibility index (Phi) is 7.32. The molecule has 4 heterocycles. The van der Waals surface area contributed by atoms with E-state index in [9.17, 15) is 24.3 Å². The summed E-state index contributed by atoms with van der Waals surface area (Å²) >= 11 is 3.57. The number of nitrogens with two attached hydrogens (primary N) is 1. The molecule has 2 aliphatic heterocycles. The van der Waals surface area contributed by atoms with Gasteiger partial charge >= 0.3 is 5.97 Å². The highest BCUT2D eigenvalue weighted by Gasteiger charge is 2.54. The second-order valence-corrected chi connectivity index (χ2v) is 10.4. The Hall–Kier alpha value is -3.44. The first-order chi connectivity index (χ1) is 17.1. The van der Waals surface area contributed by atoms with Gasteiger partial charge in [0, 0.05) is 23.9 Å². The highest BCUT2D eigenvalue weighted by Crippen LogP contribution is 2.41. The summed E-state index contributed by atoms with van der Waals surface area (Å²) < 4.78 is 1.44. The molecule has 17 heteroatoms. The number of hydrogen-bond donors (Lipinski definition) is 3. The molecule has 2 aromatic rings. The van der Waals surface area contributed by atoms with Gasteiger partial charge in [0.1, 0.15) is 35.6 Å². The molecule has 1 fully saturated rings. The van der Waals surface area contributed by atoms with Gasteiger partial charge in [0.05, 0.1) is 0 Å². The maximum Gasteiger partial charge on any atom is 0.352 e. The molecule has 190 valence electrons. The number of aliphatic carboxylic acids is 1. The smallest absolute Gasteiger partial charge is 0.352 e. The lowest BCUT2D eigenvalue weighted by atomic mass is 10.0. The fourth-order valence-electron chi connectivity index (χ4n) is 3.52. The predicted octanol–water partition coefficient (Wildman–Crippen LogP) is -0.596. The number of carboxylic acids is 1. The van der Waals surface area contributed by atoms with Gasteiger partial charge in [-0.05, 0) is 12.5 Å². The van der Waals surface area contributed by atoms with Crippen molar-refractivity contribution in [3.8, 4) is 0 Å². The van der Waals surface area contributed by atoms with Crippen LogP contribution in [-0.4, -0.2) is 83.3 Å². The van der Waals surface area contributed by atoms with E-state index in [1.165, 1.54) is 28.9 Å². The van der Waals surface area contributed by atoms with E-state index in [1.807, 2.05) is 0 Å². The van der Waals surface area contributed by atoms with E-state index < -0.39 is 34.8 Å². The number of rotatable bonds is 8. The lowest BCUT2D eigenvalue weighted by Gasteiger charge is -2.49. The number of oxime groups is 1. The van der Waals surface area contributed by atoms with E-state index in [0.29, 0.717) is 16.5 Å². The molecule has 0 radical (unpaired) electrons. The standard InChI is InChI=1S/C19H20N8O6S3/c1-7-13(28)23-19(26(2)24-7)36-5-8-4-34-16-11(15(30)27(16)12(8)17(31)32)22-14(29)10(25-33-3)9-6-35-18(20)21-9/h6,11,16H,4-5H2,1-3H3,(H2,20,21)(H,22,29)(H,31,32)/t11?,16-/m1/s1. The quantitative estimate of drug-likeness (QED) is 0.163. The van der Waals surface area contributed by atoms with Crippen molar-refractivity contribution in [1.82, 2.24) is 30.0 Å². The number of nitrogens with zero attached hydrogens (tertiary/aromatic N) is 6. The van der Waals surface area contributed by atoms with Gasteiger partial charge in [-0.3, -0.25) is 19.3 Å². The Morgan fingerprint density at radius 3 is 2.78 bits per heavy atom. The Morgan fingerprint density at radius 1 is 1.39 bits per heavy atom. The number of thioether (sulfide) groups is 2. The molecule has 2 atom stereocenters. The first-order valence-electron chi connectivity index (χ1n) is 10.2. The van der Waals surface area contributed by atoms with Gasteiger partial charge in [-0.1, -0.05) is 16.9 Å². The van der Waals surface area contributed by atoms with Crippen LogP contribution in [0, 0.1) is 6.92 Å². The van der Waals surface area contributed by atoms with Crippen LogP contribution in [0.2, 0.25) is 0 Å². The molecule has 1 unspecified atom stereocenters. The lowest BCUT2D eigenvalue weighted by Crippen LogP contribution is -2.71. The van der Waals surface area contributed by atoms with Gasteiger partial charge in [0.15, 0.2) is 16.0 Å². The van der Waals surface area contributed by atoms with Crippen molar-refractivity contribution in [1.29, 1.82) is 0 Å². The summed E-state index contributed by atoms with van der Waals surface area (Å²) in [6, 6.07) is -0.965. The van der Waals surface area contributed by atoms with Crippen molar-refractivity contribution in [2.24, 2.45) is 12.2 Å². The first kappa shape index (κ1) is 25.6. The zero-order valence-corrected chi connectivity index (χ0v) is 21.6. The summed E-state index contributed by atoms with van der Waals surface area (Å²) in [6.07, 6.45) is 0. The number of aryl methyl sites for hydroxylation is 2. The second kappa shape index (κ2) is 10.3. The van der Waals surface area contributed by atoms with E-state index in [1.54, 1.807) is 14.0 Å². The number of aromatic nitrogens is 4. The fourth-order valence-corrected chi connectivity index (χ4v) is 6.46. The van der Waals surface area contributed by atoms with Crippen LogP contribution < -0.4 is 16.6 Å². The summed E-state index contributed by atoms with van der Waals surface area (Å²) in [4.78, 5) is 63.6. The van der Waals surface area contributed by atoms with Crippen LogP contribution in [0.1, 0.15) is 11.4 Å². The van der Waals surface area contributed by atoms with Crippen LogP contribution in [0.4, 0.5) is 5.13 Å². The van der Waals surface area contributed by atoms with Crippen molar-refractivity contribution in [3.05, 3.63) is 38.4 Å². The lowest BCUT2D eigenvalue weighted by molar-refractivity contribution is -0.150. The van der Waals surface area contributed by atoms with Gasteiger partial charge in [0.25, 0.3) is 17.4 Å². The minimum Gasteiger partial charge on any atom is -0.477 e. The number of thiazole rings is 1. The highest BCUT2D eigenvalue weighted by atomic mass is 32.2. The number of fused-ring (bicyclic) bond motifs is 1. The van der Waals surface area contributed by atoms with E-state index in [0.717, 1.165) is 28.0 Å². The third-order valence-corrected chi connectivity index (χ3v) is 8.28. The molecule has 0 aliphatic carbocycles. The predicted molar refractivity (Wildman–Crippen MR) is 132 cm³/mol. The maximum atomic E-state index is 12.9. The normalized spacial score (nSPS) is 19.6. The molecule has 0 aromatic carbocycles. The number of anilines is 1. The minimum atomic E-state index is -1.27. The molecule has 0 bridgehead atoms. The monoisotopic (exact) mass is 552 g/mol. The number of carbonyl (C=O) groups is 3. The molecule has 2 aliphatic rings. The largest absolute Gasteiger partial charge is 0.477 e. The highest BCUT2D eigenvalue weighted by molar-refractivity contribution is 8.01. The summed E-state index contributed by atoms with van der Waals surface area (Å²) in [5.74, 6) is -2.07. The first-order valence-corrected chi connectivity index (χ1v) is 13.1. The molecule has 14 nitrogen and oxygen atoms in total. The summed E-state index contributed by atoms with van der Waals surface area (Å²) in [6.45, 7) is 1.55. The van der Waals surface area contributed by atoms with Crippen LogP contribution in [0.3, 0.4) is 0 Å². The van der Waals surface area contributed by atoms with E-state index in [4.69, 9.17) is 10.6 Å². The molecule has 0 spiro atoms. The number of amides is 2. The van der Waals surface area contributed by atoms with Crippen molar-refractivity contribution in [3.63, 3.8) is 0 Å².